The van der Waals surface area contributed by atoms with E-state index in [2.05, 4.69) is 46.7 Å². The number of hydrogen-bond acceptors (Lipinski definition) is 3. The number of piperidine rings is 1. The van der Waals surface area contributed by atoms with Crippen LogP contribution in [0.4, 0.5) is 0 Å². The lowest BCUT2D eigenvalue weighted by atomic mass is 10.0. The Hall–Kier alpha value is -1.10. The molecule has 1 aliphatic rings. The summed E-state index contributed by atoms with van der Waals surface area (Å²) in [6.45, 7) is 5.53. The van der Waals surface area contributed by atoms with E-state index in [1.165, 1.54) is 31.4 Å². The number of likely N-dealkylation sites (N-methyl/N-ethyl adjacent to an activating group) is 1. The van der Waals surface area contributed by atoms with Crippen LogP contribution in [0.1, 0.15) is 37.3 Å². The molecule has 2 N–H and O–H groups in total. The van der Waals surface area contributed by atoms with Gasteiger partial charge in [-0.25, -0.2) is 0 Å². The number of nitrogens with one attached hydrogen (secondary N) is 2. The second-order valence-electron chi connectivity index (χ2n) is 5.94. The highest BCUT2D eigenvalue weighted by molar-refractivity contribution is 5.85. The van der Waals surface area contributed by atoms with Gasteiger partial charge in [-0.1, -0.05) is 30.7 Å². The molecular weight excluding hydrogens is 298 g/mol. The zero-order chi connectivity index (χ0) is 15.1. The molecule has 1 aromatic carbocycles. The molecule has 0 saturated carbocycles. The van der Waals surface area contributed by atoms with Gasteiger partial charge >= 0.3 is 0 Å². The average Bonchev–Trinajstić information content (AvgIpc) is 2.49. The average molecular weight is 326 g/mol. The van der Waals surface area contributed by atoms with E-state index in [1.807, 2.05) is 0 Å². The molecule has 1 aliphatic heterocycles. The van der Waals surface area contributed by atoms with Crippen LogP contribution in [0, 0.1) is 0 Å². The van der Waals surface area contributed by atoms with Gasteiger partial charge in [-0.05, 0) is 44.5 Å². The van der Waals surface area contributed by atoms with Gasteiger partial charge in [-0.3, -0.25) is 9.69 Å². The van der Waals surface area contributed by atoms with Crippen molar-refractivity contribution in [1.29, 1.82) is 0 Å². The highest BCUT2D eigenvalue weighted by atomic mass is 35.5. The molecule has 1 saturated heterocycles. The number of likely N-dealkylation sites (tertiary alicyclic amines) is 1. The van der Waals surface area contributed by atoms with Crippen LogP contribution >= 0.6 is 12.4 Å². The van der Waals surface area contributed by atoms with E-state index < -0.39 is 0 Å². The summed E-state index contributed by atoms with van der Waals surface area (Å²) in [4.78, 5) is 14.0. The predicted octanol–water partition coefficient (Wildman–Crippen LogP) is 2.32. The molecule has 0 bridgehead atoms. The minimum atomic E-state index is 0. The van der Waals surface area contributed by atoms with E-state index in [4.69, 9.17) is 0 Å². The van der Waals surface area contributed by atoms with Crippen molar-refractivity contribution in [2.45, 2.75) is 45.3 Å². The van der Waals surface area contributed by atoms with Crippen LogP contribution in [0.2, 0.25) is 0 Å². The smallest absolute Gasteiger partial charge is 0.234 e. The molecule has 1 aromatic rings. The third kappa shape index (κ3) is 5.95. The summed E-state index contributed by atoms with van der Waals surface area (Å²) in [5.41, 5.74) is 2.50. The molecule has 1 fully saturated rings. The lowest BCUT2D eigenvalue weighted by Gasteiger charge is -2.33. The van der Waals surface area contributed by atoms with Crippen LogP contribution in [0.15, 0.2) is 24.3 Å². The molecule has 0 radical (unpaired) electrons. The standard InChI is InChI=1S/C17H27N3O.ClH/c1-14-5-3-4-10-20(14)13-16-8-6-15(7-9-16)11-19-17(21)12-18-2;/h6-9,14,18H,3-5,10-13H2,1-2H3,(H,19,21);1H. The Morgan fingerprint density at radius 1 is 1.23 bits per heavy atom. The largest absolute Gasteiger partial charge is 0.351 e. The van der Waals surface area contributed by atoms with Crippen molar-refractivity contribution >= 4 is 18.3 Å². The van der Waals surface area contributed by atoms with Crippen LogP contribution in [0.3, 0.4) is 0 Å². The Labute approximate surface area is 140 Å². The SMILES string of the molecule is CNCC(=O)NCc1ccc(CN2CCCCC2C)cc1.Cl. The first-order valence-electron chi connectivity index (χ1n) is 7.92. The number of benzene rings is 1. The Balaban J connectivity index is 0.00000242. The van der Waals surface area contributed by atoms with E-state index in [0.29, 0.717) is 19.1 Å². The molecule has 2 rings (SSSR count). The number of rotatable bonds is 6. The number of carbonyl (C=O) groups excluding carboxylic acids is 1. The summed E-state index contributed by atoms with van der Waals surface area (Å²) in [6.07, 6.45) is 4.00. The van der Waals surface area contributed by atoms with Crippen LogP contribution in [-0.2, 0) is 17.9 Å². The van der Waals surface area contributed by atoms with Crippen molar-refractivity contribution in [1.82, 2.24) is 15.5 Å². The lowest BCUT2D eigenvalue weighted by molar-refractivity contribution is -0.120. The summed E-state index contributed by atoms with van der Waals surface area (Å²) in [6, 6.07) is 9.29. The van der Waals surface area contributed by atoms with Crippen LogP contribution in [0.5, 0.6) is 0 Å². The fourth-order valence-corrected chi connectivity index (χ4v) is 2.81. The molecule has 0 aliphatic carbocycles. The number of amides is 1. The zero-order valence-corrected chi connectivity index (χ0v) is 14.4. The topological polar surface area (TPSA) is 44.4 Å². The molecule has 1 atom stereocenters. The first-order valence-corrected chi connectivity index (χ1v) is 7.92. The lowest BCUT2D eigenvalue weighted by Crippen LogP contribution is -2.36. The van der Waals surface area contributed by atoms with Gasteiger partial charge in [0.2, 0.25) is 5.91 Å². The fourth-order valence-electron chi connectivity index (χ4n) is 2.81. The summed E-state index contributed by atoms with van der Waals surface area (Å²) in [5.74, 6) is 0.0312. The monoisotopic (exact) mass is 325 g/mol. The van der Waals surface area contributed by atoms with Crippen molar-refractivity contribution < 1.29 is 4.79 Å². The highest BCUT2D eigenvalue weighted by Crippen LogP contribution is 2.19. The van der Waals surface area contributed by atoms with E-state index in [9.17, 15) is 4.79 Å². The molecule has 1 heterocycles. The molecule has 4 nitrogen and oxygen atoms in total. The van der Waals surface area contributed by atoms with Crippen molar-refractivity contribution in [3.05, 3.63) is 35.4 Å². The number of carbonyl (C=O) groups is 1. The summed E-state index contributed by atoms with van der Waals surface area (Å²) in [7, 11) is 1.77. The fraction of sp³-hybridized carbons (Fsp3) is 0.588. The first-order chi connectivity index (χ1) is 10.2. The van der Waals surface area contributed by atoms with E-state index in [1.54, 1.807) is 7.05 Å². The van der Waals surface area contributed by atoms with Crippen LogP contribution < -0.4 is 10.6 Å². The van der Waals surface area contributed by atoms with Gasteiger partial charge < -0.3 is 10.6 Å². The zero-order valence-electron chi connectivity index (χ0n) is 13.6. The van der Waals surface area contributed by atoms with Gasteiger partial charge in [-0.2, -0.15) is 0 Å². The predicted molar refractivity (Wildman–Crippen MR) is 93.2 cm³/mol. The molecule has 5 heteroatoms. The molecule has 0 aromatic heterocycles. The van der Waals surface area contributed by atoms with E-state index >= 15 is 0 Å². The molecule has 1 amide bonds. The van der Waals surface area contributed by atoms with Crippen molar-refractivity contribution in [3.8, 4) is 0 Å². The quantitative estimate of drug-likeness (QED) is 0.843. The number of hydrogen-bond donors (Lipinski definition) is 2. The Kier molecular flexibility index (Phi) is 8.46. The second-order valence-corrected chi connectivity index (χ2v) is 5.94. The maximum atomic E-state index is 11.4. The summed E-state index contributed by atoms with van der Waals surface area (Å²) in [5, 5.41) is 5.74. The third-order valence-electron chi connectivity index (χ3n) is 4.18. The van der Waals surface area contributed by atoms with E-state index in [0.717, 1.165) is 12.1 Å². The Bertz CT molecular complexity index is 450. The summed E-state index contributed by atoms with van der Waals surface area (Å²) >= 11 is 0. The molecular formula is C17H28ClN3O. The van der Waals surface area contributed by atoms with Gasteiger partial charge in [0.15, 0.2) is 0 Å². The molecule has 0 spiro atoms. The van der Waals surface area contributed by atoms with Gasteiger partial charge in [0.05, 0.1) is 6.54 Å². The third-order valence-corrected chi connectivity index (χ3v) is 4.18. The van der Waals surface area contributed by atoms with Gasteiger partial charge in [0.1, 0.15) is 0 Å². The van der Waals surface area contributed by atoms with Crippen LogP contribution in [-0.4, -0.2) is 37.0 Å². The molecule has 1 unspecified atom stereocenters. The normalized spacial score (nSPS) is 18.5. The van der Waals surface area contributed by atoms with Gasteiger partial charge in [0, 0.05) is 19.1 Å². The van der Waals surface area contributed by atoms with Crippen molar-refractivity contribution in [2.24, 2.45) is 0 Å². The van der Waals surface area contributed by atoms with Crippen LogP contribution in [0.25, 0.3) is 0 Å². The van der Waals surface area contributed by atoms with Gasteiger partial charge in [0.25, 0.3) is 0 Å². The highest BCUT2D eigenvalue weighted by Gasteiger charge is 2.17. The minimum Gasteiger partial charge on any atom is -0.351 e. The van der Waals surface area contributed by atoms with Gasteiger partial charge in [-0.15, -0.1) is 12.4 Å². The number of nitrogens with zero attached hydrogens (tertiary/aromatic N) is 1. The molecule has 124 valence electrons. The maximum absolute atomic E-state index is 11.4. The van der Waals surface area contributed by atoms with Crippen molar-refractivity contribution in [3.63, 3.8) is 0 Å². The Morgan fingerprint density at radius 3 is 2.55 bits per heavy atom. The first kappa shape index (κ1) is 18.9. The summed E-state index contributed by atoms with van der Waals surface area (Å²) < 4.78 is 0. The minimum absolute atomic E-state index is 0. The van der Waals surface area contributed by atoms with Crippen molar-refractivity contribution in [2.75, 3.05) is 20.1 Å². The second kappa shape index (κ2) is 9.82. The maximum Gasteiger partial charge on any atom is 0.234 e. The number of halogens is 1. The Morgan fingerprint density at radius 2 is 1.91 bits per heavy atom. The molecule has 22 heavy (non-hydrogen) atoms. The van der Waals surface area contributed by atoms with E-state index in [-0.39, 0.29) is 18.3 Å².